The lowest BCUT2D eigenvalue weighted by Gasteiger charge is -2.27. The Hall–Kier alpha value is -3.19. The summed E-state index contributed by atoms with van der Waals surface area (Å²) < 4.78 is 24.7. The second-order valence-corrected chi connectivity index (χ2v) is 7.37. The highest BCUT2D eigenvalue weighted by Gasteiger charge is 2.47. The lowest BCUT2D eigenvalue weighted by atomic mass is 9.95. The molecule has 0 radical (unpaired) electrons. The number of amides is 1. The highest BCUT2D eigenvalue weighted by Crippen LogP contribution is 2.40. The Balaban J connectivity index is 1.81. The zero-order valence-electron chi connectivity index (χ0n) is 16.5. The Morgan fingerprint density at radius 2 is 2.00 bits per heavy atom. The van der Waals surface area contributed by atoms with E-state index in [0.717, 1.165) is 12.8 Å². The van der Waals surface area contributed by atoms with Crippen LogP contribution >= 0.6 is 0 Å². The van der Waals surface area contributed by atoms with E-state index in [0.29, 0.717) is 23.5 Å². The number of carbonyl (C=O) groups excluding carboxylic acids is 2. The maximum Gasteiger partial charge on any atom is 0.295 e. The molecule has 2 aliphatic rings. The van der Waals surface area contributed by atoms with Gasteiger partial charge in [0.25, 0.3) is 11.7 Å². The van der Waals surface area contributed by atoms with E-state index in [2.05, 4.69) is 0 Å². The third-order valence-electron chi connectivity index (χ3n) is 5.49. The molecule has 0 unspecified atom stereocenters. The van der Waals surface area contributed by atoms with E-state index >= 15 is 0 Å². The number of aliphatic hydroxyl groups is 1. The van der Waals surface area contributed by atoms with Crippen LogP contribution in [0.2, 0.25) is 0 Å². The highest BCUT2D eigenvalue weighted by molar-refractivity contribution is 6.46. The number of carbonyl (C=O) groups is 2. The summed E-state index contributed by atoms with van der Waals surface area (Å²) in [5.74, 6) is -1.72. The van der Waals surface area contributed by atoms with Crippen molar-refractivity contribution in [1.29, 1.82) is 0 Å². The zero-order chi connectivity index (χ0) is 21.3. The largest absolute Gasteiger partial charge is 0.507 e. The summed E-state index contributed by atoms with van der Waals surface area (Å²) in [5.41, 5.74) is 0.725. The first-order valence-corrected chi connectivity index (χ1v) is 9.79. The number of benzene rings is 2. The molecule has 156 valence electrons. The van der Waals surface area contributed by atoms with Crippen molar-refractivity contribution in [1.82, 2.24) is 4.90 Å². The molecular formula is C23H22FNO5. The number of ether oxygens (including phenoxy) is 2. The van der Waals surface area contributed by atoms with Crippen LogP contribution in [0.3, 0.4) is 0 Å². The van der Waals surface area contributed by atoms with E-state index in [9.17, 15) is 19.1 Å². The van der Waals surface area contributed by atoms with Gasteiger partial charge in [-0.05, 0) is 54.8 Å². The average molecular weight is 411 g/mol. The monoisotopic (exact) mass is 411 g/mol. The quantitative estimate of drug-likeness (QED) is 0.463. The molecule has 2 aliphatic heterocycles. The minimum absolute atomic E-state index is 0.0613. The Bertz CT molecular complexity index is 995. The van der Waals surface area contributed by atoms with Crippen LogP contribution < -0.4 is 4.74 Å². The first-order valence-electron chi connectivity index (χ1n) is 9.79. The second kappa shape index (κ2) is 8.28. The topological polar surface area (TPSA) is 76.1 Å². The van der Waals surface area contributed by atoms with Crippen molar-refractivity contribution in [2.45, 2.75) is 25.0 Å². The lowest BCUT2D eigenvalue weighted by Crippen LogP contribution is -2.36. The van der Waals surface area contributed by atoms with E-state index < -0.39 is 23.5 Å². The number of hydrogen-bond acceptors (Lipinski definition) is 5. The molecule has 6 nitrogen and oxygen atoms in total. The maximum atomic E-state index is 14.0. The standard InChI is InChI=1S/C23H22FNO5/c1-29-17-9-7-14(8-10-17)21(26)19-20(15-4-2-5-16(24)12-15)25(23(28)22(19)27)13-18-6-3-11-30-18/h2,4-5,7-10,12,18,20,26H,3,6,11,13H2,1H3/b21-19+/t18-,20+/m0/s1. The minimum atomic E-state index is -0.896. The molecule has 2 aromatic carbocycles. The van der Waals surface area contributed by atoms with Crippen LogP contribution in [0, 0.1) is 5.82 Å². The number of hydrogen-bond donors (Lipinski definition) is 1. The van der Waals surface area contributed by atoms with Crippen molar-refractivity contribution < 1.29 is 28.6 Å². The number of likely N-dealkylation sites (tertiary alicyclic amines) is 1. The number of Topliss-reactive ketones (excluding diaryl/α,β-unsaturated/α-hetero) is 1. The number of ketones is 1. The van der Waals surface area contributed by atoms with Gasteiger partial charge in [-0.25, -0.2) is 4.39 Å². The summed E-state index contributed by atoms with van der Waals surface area (Å²) in [6.45, 7) is 0.802. The predicted molar refractivity (Wildman–Crippen MR) is 107 cm³/mol. The van der Waals surface area contributed by atoms with Gasteiger partial charge in [0.2, 0.25) is 0 Å². The van der Waals surface area contributed by atoms with Crippen LogP contribution in [0.25, 0.3) is 5.76 Å². The third-order valence-corrected chi connectivity index (χ3v) is 5.49. The molecule has 2 saturated heterocycles. The molecule has 0 bridgehead atoms. The smallest absolute Gasteiger partial charge is 0.295 e. The van der Waals surface area contributed by atoms with Crippen LogP contribution in [0.5, 0.6) is 5.75 Å². The third kappa shape index (κ3) is 3.68. The molecule has 0 aliphatic carbocycles. The molecule has 7 heteroatoms. The van der Waals surface area contributed by atoms with E-state index in [-0.39, 0.29) is 24.0 Å². The Labute approximate surface area is 173 Å². The van der Waals surface area contributed by atoms with Gasteiger partial charge in [0.15, 0.2) is 0 Å². The van der Waals surface area contributed by atoms with Crippen LogP contribution in [0.4, 0.5) is 4.39 Å². The average Bonchev–Trinajstić information content (AvgIpc) is 3.36. The molecule has 0 saturated carbocycles. The Morgan fingerprint density at radius 3 is 2.63 bits per heavy atom. The van der Waals surface area contributed by atoms with E-state index in [1.54, 1.807) is 30.3 Å². The molecular weight excluding hydrogens is 389 g/mol. The fourth-order valence-corrected chi connectivity index (χ4v) is 4.00. The minimum Gasteiger partial charge on any atom is -0.507 e. The fourth-order valence-electron chi connectivity index (χ4n) is 4.00. The van der Waals surface area contributed by atoms with Crippen LogP contribution in [0.1, 0.15) is 30.0 Å². The van der Waals surface area contributed by atoms with Gasteiger partial charge in [0, 0.05) is 18.7 Å². The van der Waals surface area contributed by atoms with Gasteiger partial charge in [-0.3, -0.25) is 9.59 Å². The summed E-state index contributed by atoms with van der Waals surface area (Å²) in [4.78, 5) is 27.2. The number of methoxy groups -OCH3 is 1. The number of rotatable bonds is 5. The van der Waals surface area contributed by atoms with Gasteiger partial charge in [-0.15, -0.1) is 0 Å². The van der Waals surface area contributed by atoms with Gasteiger partial charge in [-0.1, -0.05) is 12.1 Å². The summed E-state index contributed by atoms with van der Waals surface area (Å²) in [5, 5.41) is 11.0. The summed E-state index contributed by atoms with van der Waals surface area (Å²) in [6.07, 6.45) is 1.46. The molecule has 2 aromatic rings. The highest BCUT2D eigenvalue weighted by atomic mass is 19.1. The molecule has 1 N–H and O–H groups in total. The molecule has 30 heavy (non-hydrogen) atoms. The van der Waals surface area contributed by atoms with Crippen LogP contribution in [0.15, 0.2) is 54.1 Å². The number of aliphatic hydroxyl groups excluding tert-OH is 1. The normalized spacial score (nSPS) is 23.2. The second-order valence-electron chi connectivity index (χ2n) is 7.37. The van der Waals surface area contributed by atoms with Crippen molar-refractivity contribution in [2.24, 2.45) is 0 Å². The van der Waals surface area contributed by atoms with Gasteiger partial charge < -0.3 is 19.5 Å². The molecule has 4 rings (SSSR count). The summed E-state index contributed by atoms with van der Waals surface area (Å²) >= 11 is 0. The lowest BCUT2D eigenvalue weighted by molar-refractivity contribution is -0.140. The molecule has 0 aromatic heterocycles. The summed E-state index contributed by atoms with van der Waals surface area (Å²) in [6, 6.07) is 11.3. The van der Waals surface area contributed by atoms with Gasteiger partial charge in [0.1, 0.15) is 17.3 Å². The van der Waals surface area contributed by atoms with E-state index in [4.69, 9.17) is 9.47 Å². The predicted octanol–water partition coefficient (Wildman–Crippen LogP) is 3.44. The number of nitrogens with zero attached hydrogens (tertiary/aromatic N) is 1. The van der Waals surface area contributed by atoms with Crippen molar-refractivity contribution >= 4 is 17.4 Å². The van der Waals surface area contributed by atoms with Crippen molar-refractivity contribution in [3.63, 3.8) is 0 Å². The fraction of sp³-hybridized carbons (Fsp3) is 0.304. The van der Waals surface area contributed by atoms with Crippen LogP contribution in [-0.4, -0.2) is 48.1 Å². The molecule has 2 heterocycles. The Morgan fingerprint density at radius 1 is 1.23 bits per heavy atom. The van der Waals surface area contributed by atoms with E-state index in [1.807, 2.05) is 0 Å². The van der Waals surface area contributed by atoms with Crippen molar-refractivity contribution in [3.8, 4) is 5.75 Å². The first kappa shape index (κ1) is 20.1. The number of halogens is 1. The van der Waals surface area contributed by atoms with Crippen LogP contribution in [-0.2, 0) is 14.3 Å². The van der Waals surface area contributed by atoms with E-state index in [1.165, 1.54) is 30.2 Å². The summed E-state index contributed by atoms with van der Waals surface area (Å²) in [7, 11) is 1.52. The molecule has 0 spiro atoms. The molecule has 2 atom stereocenters. The van der Waals surface area contributed by atoms with Gasteiger partial charge in [-0.2, -0.15) is 0 Å². The molecule has 2 fully saturated rings. The first-order chi connectivity index (χ1) is 14.5. The van der Waals surface area contributed by atoms with Crippen molar-refractivity contribution in [2.75, 3.05) is 20.3 Å². The maximum absolute atomic E-state index is 14.0. The molecule has 1 amide bonds. The zero-order valence-corrected chi connectivity index (χ0v) is 16.5. The van der Waals surface area contributed by atoms with Gasteiger partial charge in [0.05, 0.1) is 24.8 Å². The SMILES string of the molecule is COc1ccc(/C(O)=C2\C(=O)C(=O)N(C[C@@H]3CCCO3)[C@@H]2c2cccc(F)c2)cc1. The van der Waals surface area contributed by atoms with Gasteiger partial charge >= 0.3 is 0 Å². The van der Waals surface area contributed by atoms with Crippen molar-refractivity contribution in [3.05, 3.63) is 71.0 Å². The Kier molecular flexibility index (Phi) is 5.55.